The highest BCUT2D eigenvalue weighted by Gasteiger charge is 2.26. The van der Waals surface area contributed by atoms with Gasteiger partial charge < -0.3 is 15.4 Å². The van der Waals surface area contributed by atoms with Gasteiger partial charge in [0.05, 0.1) is 22.0 Å². The molecule has 2 N–H and O–H groups in total. The Bertz CT molecular complexity index is 1080. The SMILES string of the molecule is COCCNc1ccc([N+](=O)[O-])cc1C(=O)Nc1cccc(S(=O)(=O)N2CCCCC2)c1. The summed E-state index contributed by atoms with van der Waals surface area (Å²) in [5.74, 6) is -0.596. The molecule has 0 aliphatic carbocycles. The molecule has 1 amide bonds. The van der Waals surface area contributed by atoms with Gasteiger partial charge in [-0.25, -0.2) is 8.42 Å². The molecule has 2 aromatic carbocycles. The van der Waals surface area contributed by atoms with Crippen LogP contribution in [0, 0.1) is 10.1 Å². The van der Waals surface area contributed by atoms with Crippen molar-refractivity contribution in [2.75, 3.05) is 44.0 Å². The molecule has 1 aliphatic rings. The fraction of sp³-hybridized carbons (Fsp3) is 0.381. The molecule has 0 aromatic heterocycles. The molecule has 1 saturated heterocycles. The van der Waals surface area contributed by atoms with E-state index in [0.29, 0.717) is 31.9 Å². The summed E-state index contributed by atoms with van der Waals surface area (Å²) in [5.41, 5.74) is 0.526. The van der Waals surface area contributed by atoms with Gasteiger partial charge in [-0.15, -0.1) is 0 Å². The maximum Gasteiger partial charge on any atom is 0.270 e. The van der Waals surface area contributed by atoms with Crippen LogP contribution in [0.3, 0.4) is 0 Å². The van der Waals surface area contributed by atoms with Crippen LogP contribution in [0.4, 0.5) is 17.1 Å². The molecule has 0 spiro atoms. The maximum absolute atomic E-state index is 12.9. The number of non-ortho nitro benzene ring substituents is 1. The highest BCUT2D eigenvalue weighted by atomic mass is 32.2. The van der Waals surface area contributed by atoms with Crippen molar-refractivity contribution in [1.29, 1.82) is 0 Å². The van der Waals surface area contributed by atoms with Gasteiger partial charge in [0.2, 0.25) is 10.0 Å². The lowest BCUT2D eigenvalue weighted by atomic mass is 10.1. The Morgan fingerprint density at radius 2 is 1.91 bits per heavy atom. The Morgan fingerprint density at radius 3 is 2.59 bits per heavy atom. The van der Waals surface area contributed by atoms with Gasteiger partial charge >= 0.3 is 0 Å². The number of methoxy groups -OCH3 is 1. The summed E-state index contributed by atoms with van der Waals surface area (Å²) in [6.07, 6.45) is 2.65. The lowest BCUT2D eigenvalue weighted by Gasteiger charge is -2.26. The first-order chi connectivity index (χ1) is 15.3. The first kappa shape index (κ1) is 23.6. The summed E-state index contributed by atoms with van der Waals surface area (Å²) in [4.78, 5) is 23.6. The van der Waals surface area contributed by atoms with Crippen molar-refractivity contribution in [3.05, 3.63) is 58.1 Å². The van der Waals surface area contributed by atoms with E-state index in [0.717, 1.165) is 19.3 Å². The summed E-state index contributed by atoms with van der Waals surface area (Å²) < 4.78 is 32.3. The molecule has 0 radical (unpaired) electrons. The number of anilines is 2. The minimum Gasteiger partial charge on any atom is -0.383 e. The van der Waals surface area contributed by atoms with Crippen LogP contribution >= 0.6 is 0 Å². The van der Waals surface area contributed by atoms with Gasteiger partial charge in [0.1, 0.15) is 0 Å². The smallest absolute Gasteiger partial charge is 0.270 e. The molecule has 172 valence electrons. The van der Waals surface area contributed by atoms with Crippen molar-refractivity contribution < 1.29 is 22.9 Å². The highest BCUT2D eigenvalue weighted by molar-refractivity contribution is 7.89. The molecule has 0 saturated carbocycles. The molecule has 0 bridgehead atoms. The molecule has 1 fully saturated rings. The second-order valence-corrected chi connectivity index (χ2v) is 9.29. The van der Waals surface area contributed by atoms with Gasteiger partial charge in [0, 0.05) is 50.3 Å². The van der Waals surface area contributed by atoms with Crippen LogP contribution in [0.25, 0.3) is 0 Å². The summed E-state index contributed by atoms with van der Waals surface area (Å²) in [5, 5.41) is 16.8. The van der Waals surface area contributed by atoms with Crippen LogP contribution in [0.1, 0.15) is 29.6 Å². The second kappa shape index (κ2) is 10.5. The Kier molecular flexibility index (Phi) is 7.78. The van der Waals surface area contributed by atoms with E-state index in [1.54, 1.807) is 12.1 Å². The minimum atomic E-state index is -3.66. The monoisotopic (exact) mass is 462 g/mol. The predicted molar refractivity (Wildman–Crippen MR) is 120 cm³/mol. The van der Waals surface area contributed by atoms with Crippen LogP contribution in [-0.2, 0) is 14.8 Å². The number of piperidine rings is 1. The molecular weight excluding hydrogens is 436 g/mol. The number of nitrogens with zero attached hydrogens (tertiary/aromatic N) is 2. The summed E-state index contributed by atoms with van der Waals surface area (Å²) in [7, 11) is -2.12. The molecule has 3 rings (SSSR count). The van der Waals surface area contributed by atoms with Crippen LogP contribution < -0.4 is 10.6 Å². The van der Waals surface area contributed by atoms with Crippen molar-refractivity contribution in [1.82, 2.24) is 4.31 Å². The van der Waals surface area contributed by atoms with E-state index in [2.05, 4.69) is 10.6 Å². The number of nitro groups is 1. The van der Waals surface area contributed by atoms with Crippen molar-refractivity contribution in [2.45, 2.75) is 24.2 Å². The van der Waals surface area contributed by atoms with E-state index < -0.39 is 20.9 Å². The number of sulfonamides is 1. The number of rotatable bonds is 9. The number of nitro benzene ring substituents is 1. The third kappa shape index (κ3) is 5.61. The van der Waals surface area contributed by atoms with Crippen molar-refractivity contribution in [3.63, 3.8) is 0 Å². The number of benzene rings is 2. The largest absolute Gasteiger partial charge is 0.383 e. The van der Waals surface area contributed by atoms with Crippen molar-refractivity contribution >= 4 is 33.0 Å². The molecule has 0 atom stereocenters. The fourth-order valence-electron chi connectivity index (χ4n) is 3.46. The standard InChI is InChI=1S/C21H26N4O6S/c1-31-13-10-22-20-9-8-17(25(27)28)15-19(20)21(26)23-16-6-5-7-18(14-16)32(29,30)24-11-3-2-4-12-24/h5-9,14-15,22H,2-4,10-13H2,1H3,(H,23,26). The molecule has 0 unspecified atom stereocenters. The average Bonchev–Trinajstić information content (AvgIpc) is 2.80. The predicted octanol–water partition coefficient (Wildman–Crippen LogP) is 3.08. The maximum atomic E-state index is 12.9. The van der Waals surface area contributed by atoms with E-state index >= 15 is 0 Å². The van der Waals surface area contributed by atoms with Gasteiger partial charge in [-0.05, 0) is 37.1 Å². The molecule has 2 aromatic rings. The van der Waals surface area contributed by atoms with Crippen LogP contribution in [0.5, 0.6) is 0 Å². The fourth-order valence-corrected chi connectivity index (χ4v) is 5.03. The van der Waals surface area contributed by atoms with Gasteiger partial charge in [0.15, 0.2) is 0 Å². The van der Waals surface area contributed by atoms with Gasteiger partial charge in [-0.3, -0.25) is 14.9 Å². The molecule has 11 heteroatoms. The number of ether oxygens (including phenoxy) is 1. The lowest BCUT2D eigenvalue weighted by molar-refractivity contribution is -0.384. The molecule has 32 heavy (non-hydrogen) atoms. The third-order valence-electron chi connectivity index (χ3n) is 5.12. The Hall–Kier alpha value is -3.02. The first-order valence-electron chi connectivity index (χ1n) is 10.3. The van der Waals surface area contributed by atoms with E-state index in [1.165, 1.54) is 41.7 Å². The molecule has 1 heterocycles. The zero-order valence-corrected chi connectivity index (χ0v) is 18.6. The average molecular weight is 463 g/mol. The van der Waals surface area contributed by atoms with Gasteiger partial charge in [0.25, 0.3) is 11.6 Å². The second-order valence-electron chi connectivity index (χ2n) is 7.35. The minimum absolute atomic E-state index is 0.0691. The number of carbonyl (C=O) groups excluding carboxylic acids is 1. The molecule has 1 aliphatic heterocycles. The Morgan fingerprint density at radius 1 is 1.16 bits per heavy atom. The van der Waals surface area contributed by atoms with Crippen molar-refractivity contribution in [2.24, 2.45) is 0 Å². The van der Waals surface area contributed by atoms with E-state index in [-0.39, 0.29) is 21.8 Å². The summed E-state index contributed by atoms with van der Waals surface area (Å²) >= 11 is 0. The first-order valence-corrected chi connectivity index (χ1v) is 11.7. The highest BCUT2D eigenvalue weighted by Crippen LogP contribution is 2.26. The Labute approximate surface area is 186 Å². The molecular formula is C21H26N4O6S. The van der Waals surface area contributed by atoms with Crippen molar-refractivity contribution in [3.8, 4) is 0 Å². The third-order valence-corrected chi connectivity index (χ3v) is 7.02. The van der Waals surface area contributed by atoms with E-state index in [1.807, 2.05) is 0 Å². The summed E-state index contributed by atoms with van der Waals surface area (Å²) in [6.45, 7) is 1.73. The number of nitrogens with one attached hydrogen (secondary N) is 2. The zero-order chi connectivity index (χ0) is 23.1. The summed E-state index contributed by atoms with van der Waals surface area (Å²) in [6, 6.07) is 9.96. The van der Waals surface area contributed by atoms with Gasteiger partial charge in [-0.2, -0.15) is 4.31 Å². The molecule has 10 nitrogen and oxygen atoms in total. The number of hydrogen-bond acceptors (Lipinski definition) is 7. The zero-order valence-electron chi connectivity index (χ0n) is 17.7. The van der Waals surface area contributed by atoms with E-state index in [9.17, 15) is 23.3 Å². The number of carbonyl (C=O) groups is 1. The topological polar surface area (TPSA) is 131 Å². The number of amides is 1. The van der Waals surface area contributed by atoms with Crippen LogP contribution in [-0.4, -0.2) is 56.9 Å². The number of hydrogen-bond donors (Lipinski definition) is 2. The van der Waals surface area contributed by atoms with Gasteiger partial charge in [-0.1, -0.05) is 12.5 Å². The lowest BCUT2D eigenvalue weighted by Crippen LogP contribution is -2.35. The van der Waals surface area contributed by atoms with E-state index in [4.69, 9.17) is 4.74 Å². The van der Waals surface area contributed by atoms with Crippen LogP contribution in [0.15, 0.2) is 47.4 Å². The quantitative estimate of drug-likeness (QED) is 0.333. The van der Waals surface area contributed by atoms with Crippen LogP contribution in [0.2, 0.25) is 0 Å². The normalized spacial score (nSPS) is 14.7. The Balaban J connectivity index is 1.84.